The van der Waals surface area contributed by atoms with Gasteiger partial charge in [-0.15, -0.1) is 10.2 Å². The molecule has 4 aromatic carbocycles. The number of phenolic OH excluding ortho intramolecular Hbond substituents is 1. The van der Waals surface area contributed by atoms with Gasteiger partial charge in [0, 0.05) is 16.0 Å². The van der Waals surface area contributed by atoms with Crippen molar-refractivity contribution < 1.29 is 14.6 Å². The molecule has 0 radical (unpaired) electrons. The van der Waals surface area contributed by atoms with Gasteiger partial charge in [0.25, 0.3) is 0 Å². The molecule has 0 aliphatic rings. The molecule has 0 fully saturated rings. The molecule has 6 nitrogen and oxygen atoms in total. The first-order chi connectivity index (χ1) is 17.1. The summed E-state index contributed by atoms with van der Waals surface area (Å²) in [6, 6.07) is 27.5. The minimum atomic E-state index is -0.514. The number of carbonyl (C=O) groups excluding carboxylic acids is 1. The summed E-state index contributed by atoms with van der Waals surface area (Å²) >= 11 is 6.11. The second kappa shape index (κ2) is 9.44. The lowest BCUT2D eigenvalue weighted by molar-refractivity contribution is 0.0602. The lowest BCUT2D eigenvalue weighted by atomic mass is 9.99. The molecule has 0 amide bonds. The molecule has 0 unspecified atom stereocenters. The van der Waals surface area contributed by atoms with E-state index in [2.05, 4.69) is 15.2 Å². The molecule has 0 bridgehead atoms. The number of aromatic nitrogens is 1. The molecule has 0 spiro atoms. The van der Waals surface area contributed by atoms with E-state index >= 15 is 0 Å². The fourth-order valence-electron chi connectivity index (χ4n) is 4.04. The number of nitrogens with zero attached hydrogens (tertiary/aromatic N) is 2. The molecule has 1 aromatic heterocycles. The maximum absolute atomic E-state index is 13.0. The molecule has 1 heterocycles. The van der Waals surface area contributed by atoms with Gasteiger partial charge in [-0.2, -0.15) is 0 Å². The number of esters is 1. The summed E-state index contributed by atoms with van der Waals surface area (Å²) in [5.41, 5.74) is 3.24. The highest BCUT2D eigenvalue weighted by Gasteiger charge is 2.26. The Balaban J connectivity index is 1.76. The van der Waals surface area contributed by atoms with Crippen molar-refractivity contribution >= 4 is 39.8 Å². The minimum absolute atomic E-state index is 0.00326. The second-order valence-electron chi connectivity index (χ2n) is 7.82. The van der Waals surface area contributed by atoms with Gasteiger partial charge in [-0.1, -0.05) is 84.4 Å². The van der Waals surface area contributed by atoms with Crippen LogP contribution in [0.25, 0.3) is 33.2 Å². The van der Waals surface area contributed by atoms with E-state index in [0.29, 0.717) is 38.9 Å². The van der Waals surface area contributed by atoms with Gasteiger partial charge in [-0.05, 0) is 34.7 Å². The number of rotatable bonds is 5. The average molecular weight is 482 g/mol. The Bertz CT molecular complexity index is 1560. The Labute approximate surface area is 206 Å². The van der Waals surface area contributed by atoms with Crippen LogP contribution in [0.3, 0.4) is 0 Å². The molecule has 0 saturated carbocycles. The number of aromatic hydroxyl groups is 1. The standard InChI is InChI=1S/C28H20ClN3O3/c1-35-28(34)24-23(18-11-14-20(29)15-12-18)27(30-25(24)19-8-3-2-4-9-19)32-31-26-21-10-6-5-7-17(21)13-16-22(26)33/h2-16,30,33H,1H3. The van der Waals surface area contributed by atoms with Crippen LogP contribution in [0.1, 0.15) is 10.4 Å². The number of methoxy groups -OCH3 is 1. The van der Waals surface area contributed by atoms with Crippen LogP contribution >= 0.6 is 11.6 Å². The van der Waals surface area contributed by atoms with Crippen LogP contribution in [0.5, 0.6) is 5.75 Å². The van der Waals surface area contributed by atoms with Gasteiger partial charge in [0.1, 0.15) is 11.4 Å². The molecule has 7 heteroatoms. The first-order valence-corrected chi connectivity index (χ1v) is 11.2. The molecule has 0 atom stereocenters. The number of carbonyl (C=O) groups is 1. The van der Waals surface area contributed by atoms with Crippen LogP contribution in [0.2, 0.25) is 5.02 Å². The monoisotopic (exact) mass is 481 g/mol. The van der Waals surface area contributed by atoms with Crippen LogP contribution in [0.4, 0.5) is 11.5 Å². The summed E-state index contributed by atoms with van der Waals surface area (Å²) < 4.78 is 5.14. The fourth-order valence-corrected chi connectivity index (χ4v) is 4.16. The zero-order chi connectivity index (χ0) is 24.4. The van der Waals surface area contributed by atoms with E-state index in [-0.39, 0.29) is 5.75 Å². The maximum atomic E-state index is 13.0. The van der Waals surface area contributed by atoms with Crippen LogP contribution in [0, 0.1) is 0 Å². The minimum Gasteiger partial charge on any atom is -0.506 e. The van der Waals surface area contributed by atoms with Crippen molar-refractivity contribution in [1.82, 2.24) is 4.98 Å². The second-order valence-corrected chi connectivity index (χ2v) is 8.25. The summed E-state index contributed by atoms with van der Waals surface area (Å²) in [7, 11) is 1.34. The molecule has 172 valence electrons. The van der Waals surface area contributed by atoms with E-state index in [9.17, 15) is 9.90 Å². The Morgan fingerprint density at radius 3 is 2.31 bits per heavy atom. The number of hydrogen-bond donors (Lipinski definition) is 2. The smallest absolute Gasteiger partial charge is 0.340 e. The van der Waals surface area contributed by atoms with Gasteiger partial charge in [0.05, 0.1) is 18.4 Å². The lowest BCUT2D eigenvalue weighted by Crippen LogP contribution is -2.03. The van der Waals surface area contributed by atoms with E-state index in [1.807, 2.05) is 60.7 Å². The van der Waals surface area contributed by atoms with E-state index in [0.717, 1.165) is 16.3 Å². The van der Waals surface area contributed by atoms with Gasteiger partial charge in [-0.25, -0.2) is 4.79 Å². The zero-order valence-corrected chi connectivity index (χ0v) is 19.5. The van der Waals surface area contributed by atoms with Crippen molar-refractivity contribution in [1.29, 1.82) is 0 Å². The van der Waals surface area contributed by atoms with Gasteiger partial charge in [0.2, 0.25) is 0 Å². The summed E-state index contributed by atoms with van der Waals surface area (Å²) in [6.07, 6.45) is 0. The number of hydrogen-bond acceptors (Lipinski definition) is 5. The number of fused-ring (bicyclic) bond motifs is 1. The van der Waals surface area contributed by atoms with Crippen molar-refractivity contribution in [3.05, 3.63) is 102 Å². The molecule has 35 heavy (non-hydrogen) atoms. The van der Waals surface area contributed by atoms with Crippen molar-refractivity contribution in [2.45, 2.75) is 0 Å². The fraction of sp³-hybridized carbons (Fsp3) is 0.0357. The van der Waals surface area contributed by atoms with E-state index in [1.54, 1.807) is 30.3 Å². The van der Waals surface area contributed by atoms with E-state index in [1.165, 1.54) is 7.11 Å². The summed E-state index contributed by atoms with van der Waals surface area (Å²) in [4.78, 5) is 16.3. The lowest BCUT2D eigenvalue weighted by Gasteiger charge is -2.07. The van der Waals surface area contributed by atoms with Crippen molar-refractivity contribution in [3.8, 4) is 28.1 Å². The number of azo groups is 1. The maximum Gasteiger partial charge on any atom is 0.340 e. The van der Waals surface area contributed by atoms with Crippen molar-refractivity contribution in [3.63, 3.8) is 0 Å². The number of phenols is 1. The normalized spacial score (nSPS) is 11.3. The molecule has 0 aliphatic heterocycles. The summed E-state index contributed by atoms with van der Waals surface area (Å²) in [5.74, 6) is -0.165. The number of halogens is 1. The molecule has 5 rings (SSSR count). The Kier molecular flexibility index (Phi) is 6.04. The number of H-pyrrole nitrogens is 1. The average Bonchev–Trinajstić information content (AvgIpc) is 3.28. The molecular weight excluding hydrogens is 462 g/mol. The van der Waals surface area contributed by atoms with Crippen LogP contribution in [0.15, 0.2) is 101 Å². The predicted molar refractivity (Wildman–Crippen MR) is 138 cm³/mol. The number of ether oxygens (including phenoxy) is 1. The highest BCUT2D eigenvalue weighted by atomic mass is 35.5. The quantitative estimate of drug-likeness (QED) is 0.196. The summed E-state index contributed by atoms with van der Waals surface area (Å²) in [5, 5.41) is 21.6. The van der Waals surface area contributed by atoms with Crippen molar-refractivity contribution in [2.24, 2.45) is 10.2 Å². The van der Waals surface area contributed by atoms with E-state index < -0.39 is 5.97 Å². The third-order valence-corrected chi connectivity index (χ3v) is 5.95. The van der Waals surface area contributed by atoms with Gasteiger partial charge >= 0.3 is 5.97 Å². The largest absolute Gasteiger partial charge is 0.506 e. The number of benzene rings is 4. The Morgan fingerprint density at radius 1 is 0.857 bits per heavy atom. The molecule has 5 aromatic rings. The van der Waals surface area contributed by atoms with Gasteiger partial charge < -0.3 is 14.8 Å². The van der Waals surface area contributed by atoms with Gasteiger partial charge in [0.15, 0.2) is 5.82 Å². The van der Waals surface area contributed by atoms with E-state index in [4.69, 9.17) is 16.3 Å². The Hall–Kier alpha value is -4.42. The van der Waals surface area contributed by atoms with Crippen LogP contribution < -0.4 is 0 Å². The van der Waals surface area contributed by atoms with Crippen LogP contribution in [-0.2, 0) is 4.74 Å². The van der Waals surface area contributed by atoms with Gasteiger partial charge in [-0.3, -0.25) is 0 Å². The number of nitrogens with one attached hydrogen (secondary N) is 1. The third kappa shape index (κ3) is 4.27. The molecular formula is C28H20ClN3O3. The number of aromatic amines is 1. The molecule has 2 N–H and O–H groups in total. The highest BCUT2D eigenvalue weighted by Crippen LogP contribution is 2.42. The zero-order valence-electron chi connectivity index (χ0n) is 18.7. The highest BCUT2D eigenvalue weighted by molar-refractivity contribution is 6.30. The summed E-state index contributed by atoms with van der Waals surface area (Å²) in [6.45, 7) is 0. The molecule has 0 aliphatic carbocycles. The Morgan fingerprint density at radius 2 is 1.57 bits per heavy atom. The third-order valence-electron chi connectivity index (χ3n) is 5.69. The van der Waals surface area contributed by atoms with Crippen LogP contribution in [-0.4, -0.2) is 23.2 Å². The SMILES string of the molecule is COC(=O)c1c(-c2ccccc2)[nH]c(N=Nc2c(O)ccc3ccccc23)c1-c1ccc(Cl)cc1. The first kappa shape index (κ1) is 22.4. The predicted octanol–water partition coefficient (Wildman–Crippen LogP) is 8.06. The molecule has 0 saturated heterocycles. The topological polar surface area (TPSA) is 87.0 Å². The van der Waals surface area contributed by atoms with Crippen molar-refractivity contribution in [2.75, 3.05) is 7.11 Å². The first-order valence-electron chi connectivity index (χ1n) is 10.8.